The number of halogens is 1. The minimum Gasteiger partial charge on any atom is -0.355 e. The van der Waals surface area contributed by atoms with E-state index in [1.807, 2.05) is 0 Å². The average Bonchev–Trinajstić information content (AvgIpc) is 2.37. The van der Waals surface area contributed by atoms with Crippen LogP contribution in [-0.2, 0) is 14.6 Å². The first-order valence-electron chi connectivity index (χ1n) is 7.14. The van der Waals surface area contributed by atoms with Crippen LogP contribution in [0.15, 0.2) is 0 Å². The molecule has 0 bridgehead atoms. The van der Waals surface area contributed by atoms with E-state index in [2.05, 4.69) is 21.2 Å². The Bertz CT molecular complexity index is 424. The van der Waals surface area contributed by atoms with Crippen LogP contribution in [0, 0.1) is 5.92 Å². The predicted octanol–water partition coefficient (Wildman–Crippen LogP) is 2.02. The van der Waals surface area contributed by atoms with Crippen LogP contribution >= 0.6 is 15.9 Å². The summed E-state index contributed by atoms with van der Waals surface area (Å²) < 4.78 is 23.7. The van der Waals surface area contributed by atoms with Crippen LogP contribution in [0.25, 0.3) is 0 Å². The highest BCUT2D eigenvalue weighted by Gasteiger charge is 2.35. The van der Waals surface area contributed by atoms with Gasteiger partial charge in [0.25, 0.3) is 0 Å². The van der Waals surface area contributed by atoms with Crippen molar-refractivity contribution in [2.24, 2.45) is 5.92 Å². The highest BCUT2D eigenvalue weighted by molar-refractivity contribution is 9.09. The van der Waals surface area contributed by atoms with E-state index in [1.165, 1.54) is 12.8 Å². The molecule has 6 heteroatoms. The molecule has 0 radical (unpaired) electrons. The Hall–Kier alpha value is -0.100. The zero-order valence-electron chi connectivity index (χ0n) is 11.1. The molecule has 3 unspecified atom stereocenters. The van der Waals surface area contributed by atoms with Crippen LogP contribution in [0.2, 0.25) is 0 Å². The van der Waals surface area contributed by atoms with E-state index in [0.717, 1.165) is 19.3 Å². The van der Waals surface area contributed by atoms with Crippen molar-refractivity contribution in [1.82, 2.24) is 5.32 Å². The van der Waals surface area contributed by atoms with Crippen LogP contribution in [0.5, 0.6) is 0 Å². The molecule has 2 aliphatic rings. The number of rotatable bonds is 3. The number of carbonyl (C=O) groups excluding carboxylic acids is 1. The fourth-order valence-electron chi connectivity index (χ4n) is 2.99. The van der Waals surface area contributed by atoms with Gasteiger partial charge in [-0.3, -0.25) is 4.79 Å². The van der Waals surface area contributed by atoms with Crippen LogP contribution < -0.4 is 5.32 Å². The smallest absolute Gasteiger partial charge is 0.238 e. The second-order valence-electron chi connectivity index (χ2n) is 5.66. The molecule has 1 saturated heterocycles. The molecule has 0 spiro atoms. The fourth-order valence-corrected chi connectivity index (χ4v) is 5.59. The summed E-state index contributed by atoms with van der Waals surface area (Å²) in [5, 5.41) is 2.05. The molecule has 1 amide bonds. The zero-order valence-corrected chi connectivity index (χ0v) is 13.5. The third-order valence-electron chi connectivity index (χ3n) is 4.23. The second kappa shape index (κ2) is 6.57. The lowest BCUT2D eigenvalue weighted by atomic mass is 9.89. The number of amides is 1. The molecule has 0 aromatic rings. The predicted molar refractivity (Wildman–Crippen MR) is 79.1 cm³/mol. The maximum absolute atomic E-state index is 12.1. The van der Waals surface area contributed by atoms with Crippen LogP contribution in [-0.4, -0.2) is 36.7 Å². The maximum Gasteiger partial charge on any atom is 0.238 e. The highest BCUT2D eigenvalue weighted by atomic mass is 79.9. The van der Waals surface area contributed by atoms with Gasteiger partial charge in [0.1, 0.15) is 5.25 Å². The Balaban J connectivity index is 1.86. The van der Waals surface area contributed by atoms with Crippen molar-refractivity contribution in [2.75, 3.05) is 12.3 Å². The second-order valence-corrected chi connectivity index (χ2v) is 9.14. The number of alkyl halides is 1. The van der Waals surface area contributed by atoms with E-state index in [1.54, 1.807) is 0 Å². The van der Waals surface area contributed by atoms with E-state index >= 15 is 0 Å². The summed E-state index contributed by atoms with van der Waals surface area (Å²) in [6.45, 7) is 0.598. The van der Waals surface area contributed by atoms with E-state index in [4.69, 9.17) is 0 Å². The minimum absolute atomic E-state index is 0.162. The van der Waals surface area contributed by atoms with Crippen LogP contribution in [0.4, 0.5) is 0 Å². The molecule has 2 fully saturated rings. The number of hydrogen-bond acceptors (Lipinski definition) is 3. The molecule has 1 N–H and O–H groups in total. The van der Waals surface area contributed by atoms with Gasteiger partial charge >= 0.3 is 0 Å². The lowest BCUT2D eigenvalue weighted by molar-refractivity contribution is -0.121. The maximum atomic E-state index is 12.1. The van der Waals surface area contributed by atoms with E-state index < -0.39 is 15.1 Å². The van der Waals surface area contributed by atoms with Gasteiger partial charge in [-0.15, -0.1) is 0 Å². The van der Waals surface area contributed by atoms with Crippen molar-refractivity contribution in [3.05, 3.63) is 0 Å². The summed E-state index contributed by atoms with van der Waals surface area (Å²) >= 11 is 3.65. The fraction of sp³-hybridized carbons (Fsp3) is 0.923. The molecule has 3 atom stereocenters. The summed E-state index contributed by atoms with van der Waals surface area (Å²) in [6, 6.07) is 0. The van der Waals surface area contributed by atoms with Gasteiger partial charge in [0.05, 0.1) is 5.75 Å². The molecule has 19 heavy (non-hydrogen) atoms. The zero-order chi connectivity index (χ0) is 13.9. The number of hydrogen-bond donors (Lipinski definition) is 1. The van der Waals surface area contributed by atoms with Crippen molar-refractivity contribution < 1.29 is 13.2 Å². The molecule has 2 rings (SSSR count). The van der Waals surface area contributed by atoms with Gasteiger partial charge in [-0.1, -0.05) is 35.2 Å². The third-order valence-corrected chi connectivity index (χ3v) is 7.61. The first-order valence-corrected chi connectivity index (χ1v) is 9.77. The van der Waals surface area contributed by atoms with E-state index in [-0.39, 0.29) is 11.7 Å². The summed E-state index contributed by atoms with van der Waals surface area (Å²) in [5.41, 5.74) is 0. The quantitative estimate of drug-likeness (QED) is 0.791. The lowest BCUT2D eigenvalue weighted by Gasteiger charge is -2.28. The van der Waals surface area contributed by atoms with E-state index in [9.17, 15) is 13.2 Å². The van der Waals surface area contributed by atoms with Gasteiger partial charge in [0.15, 0.2) is 9.84 Å². The van der Waals surface area contributed by atoms with Gasteiger partial charge in [0.2, 0.25) is 5.91 Å². The lowest BCUT2D eigenvalue weighted by Crippen LogP contribution is -2.45. The van der Waals surface area contributed by atoms with Crippen molar-refractivity contribution in [1.29, 1.82) is 0 Å². The molecular weight excluding hydrogens is 330 g/mol. The van der Waals surface area contributed by atoms with Crippen molar-refractivity contribution >= 4 is 31.7 Å². The number of carbonyl (C=O) groups is 1. The average molecular weight is 352 g/mol. The number of sulfone groups is 1. The van der Waals surface area contributed by atoms with Crippen LogP contribution in [0.3, 0.4) is 0 Å². The minimum atomic E-state index is -3.21. The number of nitrogens with one attached hydrogen (secondary N) is 1. The summed E-state index contributed by atoms with van der Waals surface area (Å²) in [4.78, 5) is 12.5. The Labute approximate surface area is 123 Å². The SMILES string of the molecule is O=C(NCC1CCCCC1Br)C1CCCCS1(=O)=O. The first-order chi connectivity index (χ1) is 9.00. The largest absolute Gasteiger partial charge is 0.355 e. The summed E-state index contributed by atoms with van der Waals surface area (Å²) in [6.07, 6.45) is 6.69. The van der Waals surface area contributed by atoms with Gasteiger partial charge in [-0.25, -0.2) is 8.42 Å². The van der Waals surface area contributed by atoms with Crippen molar-refractivity contribution in [2.45, 2.75) is 55.0 Å². The Kier molecular flexibility index (Phi) is 5.29. The first kappa shape index (κ1) is 15.3. The standard InChI is InChI=1S/C13H22BrNO3S/c14-11-6-2-1-5-10(11)9-15-13(16)12-7-3-4-8-19(12,17)18/h10-12H,1-9H2,(H,15,16). The van der Waals surface area contributed by atoms with Gasteiger partial charge in [-0.05, 0) is 31.6 Å². The molecule has 4 nitrogen and oxygen atoms in total. The molecule has 1 saturated carbocycles. The molecule has 1 aliphatic carbocycles. The Morgan fingerprint density at radius 3 is 2.47 bits per heavy atom. The molecule has 0 aromatic carbocycles. The van der Waals surface area contributed by atoms with Gasteiger partial charge in [-0.2, -0.15) is 0 Å². The van der Waals surface area contributed by atoms with Crippen LogP contribution in [0.1, 0.15) is 44.9 Å². The Morgan fingerprint density at radius 1 is 1.11 bits per heavy atom. The topological polar surface area (TPSA) is 63.2 Å². The summed E-state index contributed by atoms with van der Waals surface area (Å²) in [5.74, 6) is 0.309. The normalized spacial score (nSPS) is 34.7. The van der Waals surface area contributed by atoms with Crippen molar-refractivity contribution in [3.63, 3.8) is 0 Å². The third kappa shape index (κ3) is 3.94. The van der Waals surface area contributed by atoms with Gasteiger partial charge in [0, 0.05) is 11.4 Å². The molecule has 1 aliphatic heterocycles. The monoisotopic (exact) mass is 351 g/mol. The molecular formula is C13H22BrNO3S. The molecule has 0 aromatic heterocycles. The molecule has 1 heterocycles. The van der Waals surface area contributed by atoms with Crippen molar-refractivity contribution in [3.8, 4) is 0 Å². The highest BCUT2D eigenvalue weighted by Crippen LogP contribution is 2.29. The molecule has 110 valence electrons. The van der Waals surface area contributed by atoms with Gasteiger partial charge < -0.3 is 5.32 Å². The van der Waals surface area contributed by atoms with E-state index in [0.29, 0.717) is 30.1 Å². The Morgan fingerprint density at radius 2 is 1.79 bits per heavy atom. The summed E-state index contributed by atoms with van der Waals surface area (Å²) in [7, 11) is -3.21.